The first-order chi connectivity index (χ1) is 11.7. The van der Waals surface area contributed by atoms with Crippen LogP contribution in [-0.4, -0.2) is 31.0 Å². The number of hydrogen-bond acceptors (Lipinski definition) is 5. The van der Waals surface area contributed by atoms with E-state index in [4.69, 9.17) is 0 Å². The molecule has 0 spiro atoms. The van der Waals surface area contributed by atoms with Crippen molar-refractivity contribution in [3.8, 4) is 0 Å². The molecular formula is C17H17N5O2. The van der Waals surface area contributed by atoms with Crippen LogP contribution in [-0.2, 0) is 13.1 Å². The fourth-order valence-electron chi connectivity index (χ4n) is 2.21. The van der Waals surface area contributed by atoms with Gasteiger partial charge in [0.15, 0.2) is 5.69 Å². The van der Waals surface area contributed by atoms with Gasteiger partial charge in [0.1, 0.15) is 0 Å². The highest BCUT2D eigenvalue weighted by Gasteiger charge is 2.13. The lowest BCUT2D eigenvalue weighted by Crippen LogP contribution is -2.23. The second-order valence-electron chi connectivity index (χ2n) is 5.26. The van der Waals surface area contributed by atoms with E-state index in [-0.39, 0.29) is 18.1 Å². The Bertz CT molecular complexity index is 789. The van der Waals surface area contributed by atoms with Gasteiger partial charge in [-0.1, -0.05) is 41.6 Å². The summed E-state index contributed by atoms with van der Waals surface area (Å²) in [4.78, 5) is 16.2. The van der Waals surface area contributed by atoms with Crippen LogP contribution in [0, 0.1) is 0 Å². The summed E-state index contributed by atoms with van der Waals surface area (Å²) < 4.78 is 1.45. The quantitative estimate of drug-likeness (QED) is 0.714. The number of hydrogen-bond donors (Lipinski definition) is 2. The van der Waals surface area contributed by atoms with Gasteiger partial charge in [0.05, 0.1) is 31.1 Å². The minimum absolute atomic E-state index is 0.200. The van der Waals surface area contributed by atoms with E-state index < -0.39 is 6.10 Å². The van der Waals surface area contributed by atoms with Crippen molar-refractivity contribution in [1.29, 1.82) is 0 Å². The number of benzene rings is 1. The van der Waals surface area contributed by atoms with Crippen molar-refractivity contribution in [1.82, 2.24) is 25.3 Å². The Hall–Kier alpha value is -3.06. The Morgan fingerprint density at radius 2 is 1.96 bits per heavy atom. The molecule has 3 aromatic rings. The summed E-state index contributed by atoms with van der Waals surface area (Å²) in [7, 11) is 0. The summed E-state index contributed by atoms with van der Waals surface area (Å²) in [6.45, 7) is 0.545. The molecule has 7 heteroatoms. The monoisotopic (exact) mass is 323 g/mol. The van der Waals surface area contributed by atoms with E-state index in [1.54, 1.807) is 6.20 Å². The maximum atomic E-state index is 12.1. The zero-order valence-electron chi connectivity index (χ0n) is 12.9. The van der Waals surface area contributed by atoms with Crippen LogP contribution >= 0.6 is 0 Å². The van der Waals surface area contributed by atoms with Crippen molar-refractivity contribution in [2.45, 2.75) is 19.2 Å². The van der Waals surface area contributed by atoms with Crippen LogP contribution < -0.4 is 5.32 Å². The molecule has 0 radical (unpaired) electrons. The number of carbonyl (C=O) groups is 1. The van der Waals surface area contributed by atoms with E-state index in [9.17, 15) is 9.90 Å². The van der Waals surface area contributed by atoms with E-state index >= 15 is 0 Å². The van der Waals surface area contributed by atoms with Crippen molar-refractivity contribution in [2.75, 3.05) is 0 Å². The van der Waals surface area contributed by atoms with Gasteiger partial charge in [0.2, 0.25) is 0 Å². The predicted molar refractivity (Wildman–Crippen MR) is 86.8 cm³/mol. The molecule has 1 aromatic carbocycles. The standard InChI is InChI=1S/C17H17N5O2/c23-16(13-6-2-1-3-7-13)12-22-11-15(20-21-22)17(24)19-10-14-8-4-5-9-18-14/h1-9,11,16,23H,10,12H2,(H,19,24). The molecule has 7 nitrogen and oxygen atoms in total. The third-order valence-corrected chi connectivity index (χ3v) is 3.47. The molecule has 2 aromatic heterocycles. The molecule has 0 saturated carbocycles. The van der Waals surface area contributed by atoms with Crippen LogP contribution in [0.1, 0.15) is 27.8 Å². The first kappa shape index (κ1) is 15.8. The first-order valence-electron chi connectivity index (χ1n) is 7.53. The number of nitrogens with one attached hydrogen (secondary N) is 1. The zero-order valence-corrected chi connectivity index (χ0v) is 12.9. The second-order valence-corrected chi connectivity index (χ2v) is 5.26. The molecule has 0 fully saturated rings. The van der Waals surface area contributed by atoms with Crippen LogP contribution in [0.3, 0.4) is 0 Å². The van der Waals surface area contributed by atoms with Gasteiger partial charge < -0.3 is 10.4 Å². The Morgan fingerprint density at radius 1 is 1.17 bits per heavy atom. The highest BCUT2D eigenvalue weighted by Crippen LogP contribution is 2.13. The minimum atomic E-state index is -0.711. The number of aliphatic hydroxyl groups is 1. The molecule has 3 rings (SSSR count). The maximum absolute atomic E-state index is 12.1. The zero-order chi connectivity index (χ0) is 16.8. The van der Waals surface area contributed by atoms with Gasteiger partial charge in [-0.25, -0.2) is 4.68 Å². The van der Waals surface area contributed by atoms with Crippen LogP contribution in [0.5, 0.6) is 0 Å². The van der Waals surface area contributed by atoms with Gasteiger partial charge in [0.25, 0.3) is 5.91 Å². The van der Waals surface area contributed by atoms with Gasteiger partial charge in [-0.15, -0.1) is 5.10 Å². The van der Waals surface area contributed by atoms with Gasteiger partial charge in [-0.05, 0) is 17.7 Å². The summed E-state index contributed by atoms with van der Waals surface area (Å²) >= 11 is 0. The lowest BCUT2D eigenvalue weighted by atomic mass is 10.1. The maximum Gasteiger partial charge on any atom is 0.273 e. The van der Waals surface area contributed by atoms with Crippen molar-refractivity contribution >= 4 is 5.91 Å². The Labute approximate surface area is 139 Å². The summed E-state index contributed by atoms with van der Waals surface area (Å²) in [5, 5.41) is 20.6. The SMILES string of the molecule is O=C(NCc1ccccn1)c1cn(CC(O)c2ccccc2)nn1. The van der Waals surface area contributed by atoms with Gasteiger partial charge in [-0.3, -0.25) is 9.78 Å². The summed E-state index contributed by atoms with van der Waals surface area (Å²) in [5.74, 6) is -0.332. The lowest BCUT2D eigenvalue weighted by molar-refractivity contribution is 0.0945. The van der Waals surface area contributed by atoms with Crippen molar-refractivity contribution in [3.05, 3.63) is 77.9 Å². The van der Waals surface area contributed by atoms with Gasteiger partial charge in [0, 0.05) is 6.20 Å². The third kappa shape index (κ3) is 4.02. The summed E-state index contributed by atoms with van der Waals surface area (Å²) in [6, 6.07) is 14.8. The molecule has 0 aliphatic rings. The van der Waals surface area contributed by atoms with Crippen LogP contribution in [0.15, 0.2) is 60.9 Å². The Morgan fingerprint density at radius 3 is 2.71 bits per heavy atom. The van der Waals surface area contributed by atoms with Crippen LogP contribution in [0.25, 0.3) is 0 Å². The minimum Gasteiger partial charge on any atom is -0.386 e. The average molecular weight is 323 g/mol. The average Bonchev–Trinajstić information content (AvgIpc) is 3.10. The second kappa shape index (κ2) is 7.47. The van der Waals surface area contributed by atoms with E-state index in [0.717, 1.165) is 11.3 Å². The Kier molecular flexibility index (Phi) is 4.93. The number of pyridine rings is 1. The largest absolute Gasteiger partial charge is 0.386 e. The van der Waals surface area contributed by atoms with Gasteiger partial charge in [-0.2, -0.15) is 0 Å². The van der Waals surface area contributed by atoms with Crippen molar-refractivity contribution in [3.63, 3.8) is 0 Å². The lowest BCUT2D eigenvalue weighted by Gasteiger charge is -2.09. The highest BCUT2D eigenvalue weighted by molar-refractivity contribution is 5.91. The molecular weight excluding hydrogens is 306 g/mol. The molecule has 0 aliphatic heterocycles. The molecule has 1 amide bonds. The number of amides is 1. The molecule has 2 heterocycles. The van der Waals surface area contributed by atoms with Crippen molar-refractivity contribution < 1.29 is 9.90 Å². The number of rotatable bonds is 6. The number of aliphatic hydroxyl groups excluding tert-OH is 1. The fraction of sp³-hybridized carbons (Fsp3) is 0.176. The molecule has 2 N–H and O–H groups in total. The molecule has 1 unspecified atom stereocenters. The van der Waals surface area contributed by atoms with Crippen LogP contribution in [0.2, 0.25) is 0 Å². The van der Waals surface area contributed by atoms with E-state index in [1.165, 1.54) is 10.9 Å². The topological polar surface area (TPSA) is 92.9 Å². The number of nitrogens with zero attached hydrogens (tertiary/aromatic N) is 4. The molecule has 0 aliphatic carbocycles. The van der Waals surface area contributed by atoms with E-state index in [2.05, 4.69) is 20.6 Å². The normalized spacial score (nSPS) is 11.9. The molecule has 0 bridgehead atoms. The van der Waals surface area contributed by atoms with Crippen molar-refractivity contribution in [2.24, 2.45) is 0 Å². The molecule has 0 saturated heterocycles. The predicted octanol–water partition coefficient (Wildman–Crippen LogP) is 1.34. The molecule has 24 heavy (non-hydrogen) atoms. The summed E-state index contributed by atoms with van der Waals surface area (Å²) in [5.41, 5.74) is 1.75. The first-order valence-corrected chi connectivity index (χ1v) is 7.53. The number of aromatic nitrogens is 4. The summed E-state index contributed by atoms with van der Waals surface area (Å²) in [6.07, 6.45) is 2.47. The molecule has 1 atom stereocenters. The van der Waals surface area contributed by atoms with Crippen LogP contribution in [0.4, 0.5) is 0 Å². The Balaban J connectivity index is 1.57. The molecule has 122 valence electrons. The van der Waals surface area contributed by atoms with Gasteiger partial charge >= 0.3 is 0 Å². The highest BCUT2D eigenvalue weighted by atomic mass is 16.3. The fourth-order valence-corrected chi connectivity index (χ4v) is 2.21. The van der Waals surface area contributed by atoms with E-state index in [0.29, 0.717) is 6.54 Å². The number of carbonyl (C=O) groups excluding carboxylic acids is 1. The van der Waals surface area contributed by atoms with E-state index in [1.807, 2.05) is 48.5 Å². The third-order valence-electron chi connectivity index (χ3n) is 3.47. The smallest absolute Gasteiger partial charge is 0.273 e.